The number of ether oxygens (including phenoxy) is 2. The lowest BCUT2D eigenvalue weighted by molar-refractivity contribution is -0.0374. The summed E-state index contributed by atoms with van der Waals surface area (Å²) in [6, 6.07) is 6.67. The molecule has 1 aromatic carbocycles. The van der Waals surface area contributed by atoms with Crippen LogP contribution in [0.4, 0.5) is 4.39 Å². The molecule has 1 unspecified atom stereocenters. The molecule has 0 aromatic heterocycles. The summed E-state index contributed by atoms with van der Waals surface area (Å²) in [7, 11) is 0. The van der Waals surface area contributed by atoms with Crippen molar-refractivity contribution in [1.29, 1.82) is 0 Å². The fraction of sp³-hybridized carbons (Fsp3) is 0.625. The van der Waals surface area contributed by atoms with Crippen LogP contribution in [0.3, 0.4) is 0 Å². The lowest BCUT2D eigenvalue weighted by atomic mass is 10.1. The molecule has 0 amide bonds. The van der Waals surface area contributed by atoms with E-state index in [1.165, 1.54) is 6.07 Å². The van der Waals surface area contributed by atoms with Crippen molar-refractivity contribution in [3.63, 3.8) is 0 Å². The third-order valence-corrected chi connectivity index (χ3v) is 2.78. The molecule has 1 N–H and O–H groups in total. The van der Waals surface area contributed by atoms with Crippen molar-refractivity contribution >= 4 is 0 Å². The largest absolute Gasteiger partial charge is 0.377 e. The van der Waals surface area contributed by atoms with Crippen molar-refractivity contribution in [2.75, 3.05) is 26.4 Å². The molecule has 0 radical (unpaired) electrons. The Hall–Kier alpha value is -0.970. The van der Waals surface area contributed by atoms with E-state index in [2.05, 4.69) is 5.32 Å². The van der Waals surface area contributed by atoms with Gasteiger partial charge in [-0.2, -0.15) is 0 Å². The van der Waals surface area contributed by atoms with Crippen molar-refractivity contribution < 1.29 is 13.9 Å². The molecule has 114 valence electrons. The number of benzene rings is 1. The van der Waals surface area contributed by atoms with Crippen LogP contribution >= 0.6 is 0 Å². The molecule has 1 aromatic rings. The molecule has 3 nitrogen and oxygen atoms in total. The van der Waals surface area contributed by atoms with Gasteiger partial charge in [0, 0.05) is 5.56 Å². The predicted molar refractivity (Wildman–Crippen MR) is 79.3 cm³/mol. The zero-order valence-corrected chi connectivity index (χ0v) is 12.9. The lowest BCUT2D eigenvalue weighted by Gasteiger charge is -2.21. The van der Waals surface area contributed by atoms with Crippen LogP contribution in [-0.2, 0) is 9.47 Å². The number of nitrogens with one attached hydrogen (secondary N) is 1. The second-order valence-corrected chi connectivity index (χ2v) is 5.67. The van der Waals surface area contributed by atoms with Gasteiger partial charge in [-0.05, 0) is 33.4 Å². The molecule has 0 fully saturated rings. The Morgan fingerprint density at radius 2 is 1.90 bits per heavy atom. The first-order chi connectivity index (χ1) is 9.44. The molecule has 1 rings (SSSR count). The Morgan fingerprint density at radius 3 is 2.50 bits per heavy atom. The summed E-state index contributed by atoms with van der Waals surface area (Å²) in [4.78, 5) is 0. The maximum absolute atomic E-state index is 13.8. The van der Waals surface area contributed by atoms with Crippen LogP contribution in [-0.4, -0.2) is 32.0 Å². The Balaban J connectivity index is 2.42. The number of hydrogen-bond donors (Lipinski definition) is 1. The number of likely N-dealkylation sites (N-methyl/N-ethyl adjacent to an activating group) is 1. The van der Waals surface area contributed by atoms with E-state index in [9.17, 15) is 4.39 Å². The molecule has 0 heterocycles. The fourth-order valence-corrected chi connectivity index (χ4v) is 1.87. The summed E-state index contributed by atoms with van der Waals surface area (Å²) in [5, 5.41) is 3.24. The van der Waals surface area contributed by atoms with Gasteiger partial charge in [0.1, 0.15) is 5.82 Å². The highest BCUT2D eigenvalue weighted by atomic mass is 19.1. The fourth-order valence-electron chi connectivity index (χ4n) is 1.87. The van der Waals surface area contributed by atoms with Crippen molar-refractivity contribution in [3.8, 4) is 0 Å². The van der Waals surface area contributed by atoms with Gasteiger partial charge in [-0.15, -0.1) is 0 Å². The SMILES string of the molecule is CCNC(COCCOC(C)(C)C)c1ccccc1F. The minimum absolute atomic E-state index is 0.129. The summed E-state index contributed by atoms with van der Waals surface area (Å²) in [6.07, 6.45) is 0. The number of halogens is 1. The summed E-state index contributed by atoms with van der Waals surface area (Å²) in [6.45, 7) is 10.3. The van der Waals surface area contributed by atoms with Gasteiger partial charge in [0.25, 0.3) is 0 Å². The first-order valence-electron chi connectivity index (χ1n) is 7.13. The molecule has 0 bridgehead atoms. The van der Waals surface area contributed by atoms with E-state index in [1.807, 2.05) is 33.8 Å². The maximum atomic E-state index is 13.8. The van der Waals surface area contributed by atoms with Crippen LogP contribution in [0.25, 0.3) is 0 Å². The molecule has 4 heteroatoms. The standard InChI is InChI=1S/C16H26FNO2/c1-5-18-15(13-8-6-7-9-14(13)17)12-19-10-11-20-16(2,3)4/h6-9,15,18H,5,10-12H2,1-4H3. The van der Waals surface area contributed by atoms with Crippen molar-refractivity contribution in [2.45, 2.75) is 39.3 Å². The second kappa shape index (κ2) is 8.35. The Kier molecular flexibility index (Phi) is 7.13. The number of hydrogen-bond acceptors (Lipinski definition) is 3. The Labute approximate surface area is 121 Å². The van der Waals surface area contributed by atoms with Crippen molar-refractivity contribution in [1.82, 2.24) is 5.32 Å². The summed E-state index contributed by atoms with van der Waals surface area (Å²) < 4.78 is 25.0. The third kappa shape index (κ3) is 6.46. The minimum atomic E-state index is -0.201. The van der Waals surface area contributed by atoms with Crippen LogP contribution in [0.15, 0.2) is 24.3 Å². The maximum Gasteiger partial charge on any atom is 0.128 e. The van der Waals surface area contributed by atoms with E-state index in [1.54, 1.807) is 12.1 Å². The van der Waals surface area contributed by atoms with Gasteiger partial charge in [-0.25, -0.2) is 4.39 Å². The Morgan fingerprint density at radius 1 is 1.20 bits per heavy atom. The molecule has 0 aliphatic carbocycles. The monoisotopic (exact) mass is 283 g/mol. The van der Waals surface area contributed by atoms with E-state index < -0.39 is 0 Å². The molecule has 0 saturated carbocycles. The topological polar surface area (TPSA) is 30.5 Å². The van der Waals surface area contributed by atoms with Gasteiger partial charge < -0.3 is 14.8 Å². The van der Waals surface area contributed by atoms with Gasteiger partial charge in [-0.1, -0.05) is 25.1 Å². The highest BCUT2D eigenvalue weighted by molar-refractivity contribution is 5.21. The smallest absolute Gasteiger partial charge is 0.128 e. The van der Waals surface area contributed by atoms with Gasteiger partial charge in [0.15, 0.2) is 0 Å². The van der Waals surface area contributed by atoms with Gasteiger partial charge >= 0.3 is 0 Å². The van der Waals surface area contributed by atoms with Crippen LogP contribution < -0.4 is 5.32 Å². The normalized spacial score (nSPS) is 13.4. The predicted octanol–water partition coefficient (Wildman–Crippen LogP) is 3.31. The van der Waals surface area contributed by atoms with E-state index in [0.29, 0.717) is 25.4 Å². The highest BCUT2D eigenvalue weighted by Crippen LogP contribution is 2.17. The number of rotatable bonds is 8. The molecular weight excluding hydrogens is 257 g/mol. The summed E-state index contributed by atoms with van der Waals surface area (Å²) in [5.74, 6) is -0.201. The third-order valence-electron chi connectivity index (χ3n) is 2.78. The quantitative estimate of drug-likeness (QED) is 0.743. The van der Waals surface area contributed by atoms with E-state index >= 15 is 0 Å². The zero-order chi connectivity index (χ0) is 15.0. The molecule has 20 heavy (non-hydrogen) atoms. The Bertz CT molecular complexity index is 390. The average Bonchev–Trinajstić information content (AvgIpc) is 2.36. The zero-order valence-electron chi connectivity index (χ0n) is 12.9. The molecule has 0 aliphatic heterocycles. The molecule has 1 atom stereocenters. The first-order valence-corrected chi connectivity index (χ1v) is 7.13. The lowest BCUT2D eigenvalue weighted by Crippen LogP contribution is -2.27. The molecular formula is C16H26FNO2. The van der Waals surface area contributed by atoms with Gasteiger partial charge in [0.2, 0.25) is 0 Å². The van der Waals surface area contributed by atoms with Gasteiger partial charge in [0.05, 0.1) is 31.5 Å². The van der Waals surface area contributed by atoms with Crippen LogP contribution in [0, 0.1) is 5.82 Å². The van der Waals surface area contributed by atoms with Crippen LogP contribution in [0.5, 0.6) is 0 Å². The average molecular weight is 283 g/mol. The molecule has 0 spiro atoms. The van der Waals surface area contributed by atoms with Gasteiger partial charge in [-0.3, -0.25) is 0 Å². The van der Waals surface area contributed by atoms with E-state index in [-0.39, 0.29) is 17.5 Å². The summed E-state index contributed by atoms with van der Waals surface area (Å²) >= 11 is 0. The van der Waals surface area contributed by atoms with Crippen molar-refractivity contribution in [3.05, 3.63) is 35.6 Å². The minimum Gasteiger partial charge on any atom is -0.377 e. The van der Waals surface area contributed by atoms with E-state index in [0.717, 1.165) is 6.54 Å². The first kappa shape index (κ1) is 17.1. The van der Waals surface area contributed by atoms with Crippen molar-refractivity contribution in [2.24, 2.45) is 0 Å². The van der Waals surface area contributed by atoms with E-state index in [4.69, 9.17) is 9.47 Å². The summed E-state index contributed by atoms with van der Waals surface area (Å²) in [5.41, 5.74) is 0.488. The molecule has 0 aliphatic rings. The van der Waals surface area contributed by atoms with Crippen LogP contribution in [0.1, 0.15) is 39.3 Å². The molecule has 0 saturated heterocycles. The van der Waals surface area contributed by atoms with Crippen LogP contribution in [0.2, 0.25) is 0 Å². The second-order valence-electron chi connectivity index (χ2n) is 5.67. The highest BCUT2D eigenvalue weighted by Gasteiger charge is 2.15.